The normalized spacial score (nSPS) is 11.0. The summed E-state index contributed by atoms with van der Waals surface area (Å²) in [7, 11) is 1.84. The average molecular weight is 281 g/mol. The first-order chi connectivity index (χ1) is 9.31. The lowest BCUT2D eigenvalue weighted by Gasteiger charge is -2.24. The van der Waals surface area contributed by atoms with Gasteiger partial charge < -0.3 is 15.5 Å². The molecule has 0 saturated heterocycles. The van der Waals surface area contributed by atoms with Crippen LogP contribution in [0.2, 0.25) is 0 Å². The zero-order chi connectivity index (χ0) is 15.3. The summed E-state index contributed by atoms with van der Waals surface area (Å²) in [6.07, 6.45) is 0. The van der Waals surface area contributed by atoms with E-state index in [2.05, 4.69) is 10.6 Å². The van der Waals surface area contributed by atoms with E-state index >= 15 is 0 Å². The van der Waals surface area contributed by atoms with Crippen molar-refractivity contribution >= 4 is 17.3 Å². The van der Waals surface area contributed by atoms with Crippen molar-refractivity contribution in [3.63, 3.8) is 0 Å². The van der Waals surface area contributed by atoms with E-state index in [1.807, 2.05) is 39.6 Å². The van der Waals surface area contributed by atoms with Crippen molar-refractivity contribution in [2.75, 3.05) is 23.8 Å². The molecule has 0 unspecified atom stereocenters. The molecule has 0 aliphatic carbocycles. The van der Waals surface area contributed by atoms with E-state index in [1.165, 1.54) is 6.07 Å². The van der Waals surface area contributed by atoms with Crippen LogP contribution in [0.15, 0.2) is 18.2 Å². The van der Waals surface area contributed by atoms with Gasteiger partial charge in [-0.1, -0.05) is 13.8 Å². The minimum absolute atomic E-state index is 0.178. The summed E-state index contributed by atoms with van der Waals surface area (Å²) in [5, 5.41) is 5.68. The molecule has 0 atom stereocenters. The monoisotopic (exact) mass is 281 g/mol. The van der Waals surface area contributed by atoms with Gasteiger partial charge in [0.2, 0.25) is 5.91 Å². The standard InChI is InChI=1S/C15H24FN3O/c1-10(2)17-9-15(20)18-12-6-7-14(13(16)8-12)19(5)11(3)4/h6-8,10-11,17H,9H2,1-5H3,(H,18,20). The highest BCUT2D eigenvalue weighted by Gasteiger charge is 2.12. The van der Waals surface area contributed by atoms with Crippen molar-refractivity contribution in [2.45, 2.75) is 39.8 Å². The predicted molar refractivity (Wildman–Crippen MR) is 81.7 cm³/mol. The van der Waals surface area contributed by atoms with Gasteiger partial charge in [0.15, 0.2) is 0 Å². The lowest BCUT2D eigenvalue weighted by atomic mass is 10.2. The van der Waals surface area contributed by atoms with Gasteiger partial charge in [-0.3, -0.25) is 4.79 Å². The molecule has 0 aliphatic rings. The van der Waals surface area contributed by atoms with E-state index in [0.717, 1.165) is 0 Å². The van der Waals surface area contributed by atoms with E-state index < -0.39 is 0 Å². The third-order valence-corrected chi connectivity index (χ3v) is 3.06. The van der Waals surface area contributed by atoms with Crippen molar-refractivity contribution in [1.82, 2.24) is 5.32 Å². The van der Waals surface area contributed by atoms with Gasteiger partial charge in [0.05, 0.1) is 12.2 Å². The fourth-order valence-electron chi connectivity index (χ4n) is 1.65. The summed E-state index contributed by atoms with van der Waals surface area (Å²) in [5.41, 5.74) is 0.997. The van der Waals surface area contributed by atoms with Crippen molar-refractivity contribution in [3.05, 3.63) is 24.0 Å². The molecule has 1 amide bonds. The molecular weight excluding hydrogens is 257 g/mol. The number of carbonyl (C=O) groups is 1. The Morgan fingerprint density at radius 3 is 2.45 bits per heavy atom. The molecule has 1 rings (SSSR count). The Morgan fingerprint density at radius 1 is 1.30 bits per heavy atom. The number of halogens is 1. The van der Waals surface area contributed by atoms with Gasteiger partial charge in [-0.15, -0.1) is 0 Å². The topological polar surface area (TPSA) is 44.4 Å². The summed E-state index contributed by atoms with van der Waals surface area (Å²) in [6.45, 7) is 8.12. The first kappa shape index (κ1) is 16.4. The van der Waals surface area contributed by atoms with Gasteiger partial charge in [-0.2, -0.15) is 0 Å². The number of nitrogens with zero attached hydrogens (tertiary/aromatic N) is 1. The van der Waals surface area contributed by atoms with Crippen LogP contribution in [0.1, 0.15) is 27.7 Å². The van der Waals surface area contributed by atoms with Gasteiger partial charge in [0.25, 0.3) is 0 Å². The van der Waals surface area contributed by atoms with Crippen LogP contribution in [-0.4, -0.2) is 31.6 Å². The van der Waals surface area contributed by atoms with Crippen LogP contribution in [0, 0.1) is 5.82 Å². The minimum Gasteiger partial charge on any atom is -0.370 e. The minimum atomic E-state index is -0.337. The first-order valence-corrected chi connectivity index (χ1v) is 6.87. The number of hydrogen-bond acceptors (Lipinski definition) is 3. The summed E-state index contributed by atoms with van der Waals surface area (Å²) in [5.74, 6) is -0.515. The molecular formula is C15H24FN3O. The Balaban J connectivity index is 2.70. The van der Waals surface area contributed by atoms with Gasteiger partial charge >= 0.3 is 0 Å². The zero-order valence-corrected chi connectivity index (χ0v) is 12.8. The maximum atomic E-state index is 14.0. The van der Waals surface area contributed by atoms with E-state index in [4.69, 9.17) is 0 Å². The number of hydrogen-bond donors (Lipinski definition) is 2. The number of rotatable bonds is 6. The van der Waals surface area contributed by atoms with Crippen molar-refractivity contribution in [1.29, 1.82) is 0 Å². The quantitative estimate of drug-likeness (QED) is 0.842. The average Bonchev–Trinajstić information content (AvgIpc) is 2.35. The fourth-order valence-corrected chi connectivity index (χ4v) is 1.65. The van der Waals surface area contributed by atoms with Gasteiger partial charge in [0, 0.05) is 24.8 Å². The van der Waals surface area contributed by atoms with E-state index in [1.54, 1.807) is 12.1 Å². The lowest BCUT2D eigenvalue weighted by Crippen LogP contribution is -2.32. The van der Waals surface area contributed by atoms with Crippen molar-refractivity contribution < 1.29 is 9.18 Å². The maximum Gasteiger partial charge on any atom is 0.238 e. The third-order valence-electron chi connectivity index (χ3n) is 3.06. The second kappa shape index (κ2) is 7.24. The molecule has 1 aromatic rings. The Hall–Kier alpha value is -1.62. The van der Waals surface area contributed by atoms with E-state index in [9.17, 15) is 9.18 Å². The fraction of sp³-hybridized carbons (Fsp3) is 0.533. The zero-order valence-electron chi connectivity index (χ0n) is 12.8. The van der Waals surface area contributed by atoms with Gasteiger partial charge in [-0.25, -0.2) is 4.39 Å². The Morgan fingerprint density at radius 2 is 1.95 bits per heavy atom. The molecule has 0 fully saturated rings. The summed E-state index contributed by atoms with van der Waals surface area (Å²) in [4.78, 5) is 13.5. The molecule has 0 bridgehead atoms. The van der Waals surface area contributed by atoms with Crippen LogP contribution >= 0.6 is 0 Å². The maximum absolute atomic E-state index is 14.0. The molecule has 0 aliphatic heterocycles. The molecule has 0 radical (unpaired) electrons. The Labute approximate surface area is 120 Å². The molecule has 1 aromatic carbocycles. The molecule has 0 aromatic heterocycles. The van der Waals surface area contributed by atoms with Crippen LogP contribution in [0.25, 0.3) is 0 Å². The van der Waals surface area contributed by atoms with Gasteiger partial charge in [0.1, 0.15) is 5.82 Å². The van der Waals surface area contributed by atoms with Crippen molar-refractivity contribution in [2.24, 2.45) is 0 Å². The highest BCUT2D eigenvalue weighted by molar-refractivity contribution is 5.92. The molecule has 0 spiro atoms. The molecule has 4 nitrogen and oxygen atoms in total. The van der Waals surface area contributed by atoms with Gasteiger partial charge in [-0.05, 0) is 32.0 Å². The number of carbonyl (C=O) groups excluding carboxylic acids is 1. The summed E-state index contributed by atoms with van der Waals surface area (Å²) >= 11 is 0. The number of benzene rings is 1. The lowest BCUT2D eigenvalue weighted by molar-refractivity contribution is -0.115. The van der Waals surface area contributed by atoms with Crippen LogP contribution in [0.4, 0.5) is 15.8 Å². The first-order valence-electron chi connectivity index (χ1n) is 6.87. The molecule has 0 saturated carbocycles. The van der Waals surface area contributed by atoms with E-state index in [0.29, 0.717) is 11.4 Å². The second-order valence-corrected chi connectivity index (χ2v) is 5.45. The number of amides is 1. The third kappa shape index (κ3) is 4.81. The molecule has 0 heterocycles. The Bertz CT molecular complexity index is 460. The van der Waals surface area contributed by atoms with Crippen LogP contribution < -0.4 is 15.5 Å². The number of nitrogens with one attached hydrogen (secondary N) is 2. The van der Waals surface area contributed by atoms with Crippen molar-refractivity contribution in [3.8, 4) is 0 Å². The molecule has 5 heteroatoms. The van der Waals surface area contributed by atoms with Crippen LogP contribution in [-0.2, 0) is 4.79 Å². The largest absolute Gasteiger partial charge is 0.370 e. The highest BCUT2D eigenvalue weighted by atomic mass is 19.1. The van der Waals surface area contributed by atoms with Crippen LogP contribution in [0.3, 0.4) is 0 Å². The Kier molecular flexibility index (Phi) is 5.95. The smallest absolute Gasteiger partial charge is 0.238 e. The van der Waals surface area contributed by atoms with E-state index in [-0.39, 0.29) is 30.4 Å². The molecule has 20 heavy (non-hydrogen) atoms. The summed E-state index contributed by atoms with van der Waals surface area (Å²) in [6, 6.07) is 5.19. The SMILES string of the molecule is CC(C)NCC(=O)Nc1ccc(N(C)C(C)C)c(F)c1. The number of anilines is 2. The second-order valence-electron chi connectivity index (χ2n) is 5.45. The predicted octanol–water partition coefficient (Wildman–Crippen LogP) is 2.61. The molecule has 2 N–H and O–H groups in total. The van der Waals surface area contributed by atoms with Crippen LogP contribution in [0.5, 0.6) is 0 Å². The molecule has 112 valence electrons. The summed E-state index contributed by atoms with van der Waals surface area (Å²) < 4.78 is 14.0. The highest BCUT2D eigenvalue weighted by Crippen LogP contribution is 2.23.